The Morgan fingerprint density at radius 1 is 0.917 bits per heavy atom. The summed E-state index contributed by atoms with van der Waals surface area (Å²) in [5.41, 5.74) is 0. The van der Waals surface area contributed by atoms with Crippen molar-refractivity contribution in [3.63, 3.8) is 0 Å². The van der Waals surface area contributed by atoms with Crippen LogP contribution in [0.1, 0.15) is 96.8 Å². The van der Waals surface area contributed by atoms with Gasteiger partial charge < -0.3 is 9.47 Å². The minimum atomic E-state index is -0.117. The van der Waals surface area contributed by atoms with E-state index in [0.717, 1.165) is 51.4 Å². The molecule has 0 aromatic carbocycles. The van der Waals surface area contributed by atoms with Gasteiger partial charge in [-0.2, -0.15) is 0 Å². The second-order valence-corrected chi connectivity index (χ2v) is 7.02. The number of carbonyl (C=O) groups excluding carboxylic acids is 2. The number of esters is 2. The van der Waals surface area contributed by atoms with Crippen LogP contribution in [0.25, 0.3) is 0 Å². The number of rotatable bonds is 15. The van der Waals surface area contributed by atoms with Crippen LogP contribution in [-0.2, 0) is 19.1 Å². The summed E-state index contributed by atoms with van der Waals surface area (Å²) in [6.45, 7) is 2.23. The summed E-state index contributed by atoms with van der Waals surface area (Å²) in [5, 5.41) is 0. The number of hydrogen-bond acceptors (Lipinski definition) is 4. The first kappa shape index (κ1) is 21.0. The zero-order valence-electron chi connectivity index (χ0n) is 15.7. The van der Waals surface area contributed by atoms with Gasteiger partial charge in [0.2, 0.25) is 0 Å². The number of unbranched alkanes of at least 4 members (excludes halogenated alkanes) is 9. The highest BCUT2D eigenvalue weighted by molar-refractivity contribution is 5.78. The van der Waals surface area contributed by atoms with Crippen LogP contribution in [0.2, 0.25) is 0 Å². The fraction of sp³-hybridized carbons (Fsp3) is 0.900. The maximum atomic E-state index is 11.6. The van der Waals surface area contributed by atoms with Crippen molar-refractivity contribution in [1.29, 1.82) is 0 Å². The number of hydrogen-bond donors (Lipinski definition) is 0. The van der Waals surface area contributed by atoms with Crippen molar-refractivity contribution < 1.29 is 19.1 Å². The Hall–Kier alpha value is -1.06. The molecule has 24 heavy (non-hydrogen) atoms. The quantitative estimate of drug-likeness (QED) is 0.304. The summed E-state index contributed by atoms with van der Waals surface area (Å²) in [6, 6.07) is 0. The SMILES string of the molecule is CCCCCCCCC1C(=O)OC1CCCCCCCC(=O)OC. The van der Waals surface area contributed by atoms with Crippen LogP contribution in [0.3, 0.4) is 0 Å². The van der Waals surface area contributed by atoms with Crippen molar-refractivity contribution in [1.82, 2.24) is 0 Å². The lowest BCUT2D eigenvalue weighted by Gasteiger charge is -2.35. The van der Waals surface area contributed by atoms with E-state index in [4.69, 9.17) is 4.74 Å². The Kier molecular flexibility index (Phi) is 11.6. The van der Waals surface area contributed by atoms with E-state index in [2.05, 4.69) is 11.7 Å². The molecule has 140 valence electrons. The van der Waals surface area contributed by atoms with Crippen LogP contribution in [0.15, 0.2) is 0 Å². The van der Waals surface area contributed by atoms with Crippen molar-refractivity contribution in [3.05, 3.63) is 0 Å². The lowest BCUT2D eigenvalue weighted by molar-refractivity contribution is -0.186. The Balaban J connectivity index is 1.96. The molecule has 1 aliphatic heterocycles. The molecule has 4 nitrogen and oxygen atoms in total. The molecule has 0 amide bonds. The van der Waals surface area contributed by atoms with E-state index in [1.54, 1.807) is 0 Å². The van der Waals surface area contributed by atoms with Gasteiger partial charge in [0.05, 0.1) is 13.0 Å². The van der Waals surface area contributed by atoms with Crippen LogP contribution >= 0.6 is 0 Å². The highest BCUT2D eigenvalue weighted by atomic mass is 16.6. The molecule has 4 heteroatoms. The van der Waals surface area contributed by atoms with Gasteiger partial charge in [0, 0.05) is 6.42 Å². The first-order valence-electron chi connectivity index (χ1n) is 9.96. The molecule has 0 saturated carbocycles. The topological polar surface area (TPSA) is 52.6 Å². The van der Waals surface area contributed by atoms with Crippen molar-refractivity contribution >= 4 is 11.9 Å². The van der Waals surface area contributed by atoms with Gasteiger partial charge in [-0.25, -0.2) is 0 Å². The first-order chi connectivity index (χ1) is 11.7. The average Bonchev–Trinajstić information content (AvgIpc) is 2.58. The van der Waals surface area contributed by atoms with Gasteiger partial charge in [0.25, 0.3) is 0 Å². The predicted molar refractivity (Wildman–Crippen MR) is 95.7 cm³/mol. The zero-order valence-corrected chi connectivity index (χ0v) is 15.7. The molecule has 1 fully saturated rings. The van der Waals surface area contributed by atoms with Gasteiger partial charge in [0.15, 0.2) is 0 Å². The first-order valence-corrected chi connectivity index (χ1v) is 9.96. The molecule has 0 aliphatic carbocycles. The highest BCUT2D eigenvalue weighted by Gasteiger charge is 2.40. The Labute approximate surface area is 147 Å². The molecule has 1 heterocycles. The fourth-order valence-corrected chi connectivity index (χ4v) is 3.35. The third-order valence-corrected chi connectivity index (χ3v) is 4.98. The van der Waals surface area contributed by atoms with E-state index in [1.807, 2.05) is 0 Å². The van der Waals surface area contributed by atoms with Gasteiger partial charge in [-0.1, -0.05) is 64.7 Å². The lowest BCUT2D eigenvalue weighted by Crippen LogP contribution is -2.44. The van der Waals surface area contributed by atoms with Crippen LogP contribution in [0.4, 0.5) is 0 Å². The molecule has 0 aromatic rings. The summed E-state index contributed by atoms with van der Waals surface area (Å²) in [7, 11) is 1.43. The minimum absolute atomic E-state index is 0.0200. The molecule has 2 unspecified atom stereocenters. The van der Waals surface area contributed by atoms with Crippen molar-refractivity contribution in [2.24, 2.45) is 5.92 Å². The molecular weight excluding hydrogens is 304 g/mol. The molecule has 1 saturated heterocycles. The average molecular weight is 341 g/mol. The van der Waals surface area contributed by atoms with Crippen molar-refractivity contribution in [2.75, 3.05) is 7.11 Å². The molecule has 0 aromatic heterocycles. The number of ether oxygens (including phenoxy) is 2. The highest BCUT2D eigenvalue weighted by Crippen LogP contribution is 2.31. The van der Waals surface area contributed by atoms with E-state index in [9.17, 15) is 9.59 Å². The summed E-state index contributed by atoms with van der Waals surface area (Å²) in [6.07, 6.45) is 15.7. The molecule has 1 aliphatic rings. The monoisotopic (exact) mass is 340 g/mol. The number of carbonyl (C=O) groups is 2. The van der Waals surface area contributed by atoms with Gasteiger partial charge in [0.1, 0.15) is 6.10 Å². The maximum absolute atomic E-state index is 11.6. The van der Waals surface area contributed by atoms with E-state index in [0.29, 0.717) is 6.42 Å². The zero-order chi connectivity index (χ0) is 17.6. The summed E-state index contributed by atoms with van der Waals surface area (Å²) >= 11 is 0. The van der Waals surface area contributed by atoms with Crippen LogP contribution < -0.4 is 0 Å². The summed E-state index contributed by atoms with van der Waals surface area (Å²) < 4.78 is 9.95. The maximum Gasteiger partial charge on any atom is 0.313 e. The van der Waals surface area contributed by atoms with E-state index in [1.165, 1.54) is 39.2 Å². The third-order valence-electron chi connectivity index (χ3n) is 4.98. The standard InChI is InChI=1S/C20H36O4/c1-3-4-5-6-8-11-14-17-18(24-20(17)22)15-12-9-7-10-13-16-19(21)23-2/h17-18H,3-16H2,1-2H3. The van der Waals surface area contributed by atoms with Crippen LogP contribution in [0.5, 0.6) is 0 Å². The van der Waals surface area contributed by atoms with E-state index in [-0.39, 0.29) is 24.0 Å². The van der Waals surface area contributed by atoms with E-state index < -0.39 is 0 Å². The van der Waals surface area contributed by atoms with Gasteiger partial charge in [-0.15, -0.1) is 0 Å². The van der Waals surface area contributed by atoms with Crippen molar-refractivity contribution in [2.45, 2.75) is 103 Å². The predicted octanol–water partition coefficient (Wildman–Crippen LogP) is 5.18. The van der Waals surface area contributed by atoms with Gasteiger partial charge in [-0.05, 0) is 25.7 Å². The van der Waals surface area contributed by atoms with Crippen molar-refractivity contribution in [3.8, 4) is 0 Å². The minimum Gasteiger partial charge on any atom is -0.469 e. The van der Waals surface area contributed by atoms with Crippen LogP contribution in [0, 0.1) is 5.92 Å². The summed E-state index contributed by atoms with van der Waals surface area (Å²) in [5.74, 6) is 0.0658. The molecule has 0 spiro atoms. The largest absolute Gasteiger partial charge is 0.469 e. The lowest BCUT2D eigenvalue weighted by atomic mass is 9.87. The number of methoxy groups -OCH3 is 1. The van der Waals surface area contributed by atoms with E-state index >= 15 is 0 Å². The molecule has 2 atom stereocenters. The molecular formula is C20H36O4. The van der Waals surface area contributed by atoms with Gasteiger partial charge in [-0.3, -0.25) is 9.59 Å². The van der Waals surface area contributed by atoms with Crippen LogP contribution in [-0.4, -0.2) is 25.2 Å². The Bertz CT molecular complexity index is 354. The Morgan fingerprint density at radius 3 is 2.12 bits per heavy atom. The molecule has 1 rings (SSSR count). The molecule has 0 radical (unpaired) electrons. The second kappa shape index (κ2) is 13.3. The van der Waals surface area contributed by atoms with Gasteiger partial charge >= 0.3 is 11.9 Å². The smallest absolute Gasteiger partial charge is 0.313 e. The number of cyclic esters (lactones) is 1. The third kappa shape index (κ3) is 8.70. The second-order valence-electron chi connectivity index (χ2n) is 7.02. The summed E-state index contributed by atoms with van der Waals surface area (Å²) in [4.78, 5) is 22.6. The Morgan fingerprint density at radius 2 is 1.50 bits per heavy atom. The molecule has 0 N–H and O–H groups in total. The fourth-order valence-electron chi connectivity index (χ4n) is 3.35. The molecule has 0 bridgehead atoms. The normalized spacial score (nSPS) is 19.7.